The van der Waals surface area contributed by atoms with Crippen LogP contribution in [-0.4, -0.2) is 47.0 Å². The molecule has 0 aliphatic carbocycles. The summed E-state index contributed by atoms with van der Waals surface area (Å²) in [7, 11) is 0. The molecule has 5 rings (SSSR count). The number of amides is 1. The van der Waals surface area contributed by atoms with E-state index in [-0.39, 0.29) is 5.91 Å². The van der Waals surface area contributed by atoms with Gasteiger partial charge in [0.1, 0.15) is 0 Å². The minimum atomic E-state index is -0.661. The number of hydrogen-bond donors (Lipinski definition) is 0. The predicted octanol–water partition coefficient (Wildman–Crippen LogP) is 4.99. The van der Waals surface area contributed by atoms with Crippen molar-refractivity contribution in [2.75, 3.05) is 31.1 Å². The summed E-state index contributed by atoms with van der Waals surface area (Å²) < 4.78 is 1.17. The molecule has 164 valence electrons. The van der Waals surface area contributed by atoms with Crippen molar-refractivity contribution in [1.82, 2.24) is 14.9 Å². The van der Waals surface area contributed by atoms with Crippen molar-refractivity contribution in [3.63, 3.8) is 0 Å². The van der Waals surface area contributed by atoms with Crippen LogP contribution in [0.15, 0.2) is 66.2 Å². The van der Waals surface area contributed by atoms with Crippen molar-refractivity contribution in [3.8, 4) is 0 Å². The largest absolute Gasteiger partial charge is 0.346 e. The van der Waals surface area contributed by atoms with E-state index in [1.165, 1.54) is 4.70 Å². The number of carbonyl (C=O) groups is 1. The van der Waals surface area contributed by atoms with Crippen LogP contribution in [0, 0.1) is 0 Å². The number of nitrogens with zero attached hydrogens (tertiary/aromatic N) is 4. The Morgan fingerprint density at radius 2 is 1.84 bits per heavy atom. The second-order valence-electron chi connectivity index (χ2n) is 8.40. The maximum Gasteiger partial charge on any atom is 0.233 e. The summed E-state index contributed by atoms with van der Waals surface area (Å²) in [6, 6.07) is 18.4. The molecule has 2 aromatic carbocycles. The smallest absolute Gasteiger partial charge is 0.233 e. The molecule has 1 amide bonds. The van der Waals surface area contributed by atoms with Crippen LogP contribution in [0.5, 0.6) is 0 Å². The highest BCUT2D eigenvalue weighted by molar-refractivity contribution is 7.18. The Hall–Kier alpha value is -2.77. The van der Waals surface area contributed by atoms with Gasteiger partial charge in [-0.25, -0.2) is 9.97 Å². The summed E-state index contributed by atoms with van der Waals surface area (Å²) in [4.78, 5) is 27.7. The lowest BCUT2D eigenvalue weighted by Gasteiger charge is -2.34. The first-order valence-corrected chi connectivity index (χ1v) is 12.7. The van der Waals surface area contributed by atoms with Gasteiger partial charge in [0, 0.05) is 44.2 Å². The molecule has 0 N–H and O–H groups in total. The number of para-hydroxylation sites is 1. The number of thiazole rings is 2. The summed E-state index contributed by atoms with van der Waals surface area (Å²) in [6.45, 7) is 5.30. The molecule has 7 heteroatoms. The van der Waals surface area contributed by atoms with E-state index in [9.17, 15) is 4.79 Å². The second kappa shape index (κ2) is 9.00. The van der Waals surface area contributed by atoms with Gasteiger partial charge in [0.25, 0.3) is 0 Å². The lowest BCUT2D eigenvalue weighted by atomic mass is 9.78. The molecular formula is C25H26N4OS2. The minimum absolute atomic E-state index is 0.184. The molecule has 3 heterocycles. The topological polar surface area (TPSA) is 49.3 Å². The van der Waals surface area contributed by atoms with Crippen LogP contribution in [0.1, 0.15) is 23.9 Å². The molecule has 1 saturated heterocycles. The zero-order valence-electron chi connectivity index (χ0n) is 18.1. The molecule has 1 atom stereocenters. The first-order chi connectivity index (χ1) is 15.6. The third kappa shape index (κ3) is 4.14. The Morgan fingerprint density at radius 3 is 2.62 bits per heavy atom. The monoisotopic (exact) mass is 462 g/mol. The fourth-order valence-corrected chi connectivity index (χ4v) is 6.26. The summed E-state index contributed by atoms with van der Waals surface area (Å²) in [5.74, 6) is 0.184. The molecule has 1 unspecified atom stereocenters. The van der Waals surface area contributed by atoms with Crippen molar-refractivity contribution < 1.29 is 4.79 Å². The molecule has 4 aromatic rings. The zero-order chi connectivity index (χ0) is 22.0. The van der Waals surface area contributed by atoms with Crippen LogP contribution >= 0.6 is 22.7 Å². The predicted molar refractivity (Wildman–Crippen MR) is 133 cm³/mol. The third-order valence-electron chi connectivity index (χ3n) is 6.20. The molecule has 2 aromatic heterocycles. The number of fused-ring (bicyclic) bond motifs is 1. The van der Waals surface area contributed by atoms with E-state index >= 15 is 0 Å². The first kappa shape index (κ1) is 21.1. The molecule has 32 heavy (non-hydrogen) atoms. The van der Waals surface area contributed by atoms with E-state index in [1.54, 1.807) is 22.7 Å². The molecule has 0 saturated carbocycles. The number of carbonyl (C=O) groups excluding carboxylic acids is 1. The van der Waals surface area contributed by atoms with Crippen LogP contribution in [0.4, 0.5) is 5.13 Å². The molecule has 0 spiro atoms. The van der Waals surface area contributed by atoms with Crippen molar-refractivity contribution >= 4 is 43.9 Å². The normalized spacial score (nSPS) is 16.7. The van der Waals surface area contributed by atoms with Gasteiger partial charge in [0.2, 0.25) is 5.91 Å². The maximum absolute atomic E-state index is 14.1. The number of benzene rings is 2. The van der Waals surface area contributed by atoms with Gasteiger partial charge in [-0.3, -0.25) is 4.79 Å². The van der Waals surface area contributed by atoms with Crippen LogP contribution in [0.3, 0.4) is 0 Å². The molecule has 1 fully saturated rings. The Bertz CT molecular complexity index is 1160. The van der Waals surface area contributed by atoms with Gasteiger partial charge in [-0.05, 0) is 31.0 Å². The van der Waals surface area contributed by atoms with E-state index in [4.69, 9.17) is 4.98 Å². The van der Waals surface area contributed by atoms with E-state index in [2.05, 4.69) is 35.0 Å². The summed E-state index contributed by atoms with van der Waals surface area (Å²) >= 11 is 3.35. The van der Waals surface area contributed by atoms with Crippen molar-refractivity contribution in [1.29, 1.82) is 0 Å². The Kier molecular flexibility index (Phi) is 5.93. The fraction of sp³-hybridized carbons (Fsp3) is 0.320. The standard InChI is InChI=1S/C25H26N4OS2/c1-25(19-8-3-2-4-9-19,18-22-27-20-10-5-6-11-21(20)32-22)23(30)28-13-7-14-29(16-15-28)24-26-12-17-31-24/h2-6,8-12,17H,7,13-16,18H2,1H3. The highest BCUT2D eigenvalue weighted by atomic mass is 32.1. The lowest BCUT2D eigenvalue weighted by Crippen LogP contribution is -2.47. The number of rotatable bonds is 5. The van der Waals surface area contributed by atoms with Gasteiger partial charge in [-0.15, -0.1) is 22.7 Å². The van der Waals surface area contributed by atoms with Crippen LogP contribution in [-0.2, 0) is 16.6 Å². The van der Waals surface area contributed by atoms with E-state index in [1.807, 2.05) is 52.9 Å². The number of anilines is 1. The van der Waals surface area contributed by atoms with Crippen molar-refractivity contribution in [3.05, 3.63) is 76.7 Å². The molecule has 5 nitrogen and oxygen atoms in total. The van der Waals surface area contributed by atoms with E-state index in [0.29, 0.717) is 13.0 Å². The van der Waals surface area contributed by atoms with Crippen molar-refractivity contribution in [2.24, 2.45) is 0 Å². The molecular weight excluding hydrogens is 436 g/mol. The average Bonchev–Trinajstić information content (AvgIpc) is 3.43. The SMILES string of the molecule is CC(Cc1nc2ccccc2s1)(C(=O)N1CCCN(c2nccs2)CC1)c1ccccc1. The molecule has 0 radical (unpaired) electrons. The van der Waals surface area contributed by atoms with Gasteiger partial charge < -0.3 is 9.80 Å². The van der Waals surface area contributed by atoms with Gasteiger partial charge >= 0.3 is 0 Å². The fourth-order valence-electron chi connectivity index (χ4n) is 4.44. The Balaban J connectivity index is 1.43. The lowest BCUT2D eigenvalue weighted by molar-refractivity contribution is -0.136. The molecule has 1 aliphatic heterocycles. The zero-order valence-corrected chi connectivity index (χ0v) is 19.7. The Labute approximate surface area is 196 Å². The maximum atomic E-state index is 14.1. The highest BCUT2D eigenvalue weighted by Crippen LogP contribution is 2.34. The summed E-state index contributed by atoms with van der Waals surface area (Å²) in [6.07, 6.45) is 3.39. The van der Waals surface area contributed by atoms with Gasteiger partial charge in [0.05, 0.1) is 20.6 Å². The van der Waals surface area contributed by atoms with Gasteiger partial charge in [-0.1, -0.05) is 42.5 Å². The summed E-state index contributed by atoms with van der Waals surface area (Å²) in [5, 5.41) is 4.05. The second-order valence-corrected chi connectivity index (χ2v) is 10.4. The average molecular weight is 463 g/mol. The van der Waals surface area contributed by atoms with Crippen LogP contribution in [0.25, 0.3) is 10.2 Å². The quantitative estimate of drug-likeness (QED) is 0.419. The molecule has 0 bridgehead atoms. The minimum Gasteiger partial charge on any atom is -0.346 e. The number of hydrogen-bond acceptors (Lipinski definition) is 6. The van der Waals surface area contributed by atoms with Gasteiger partial charge in [0.15, 0.2) is 5.13 Å². The number of aromatic nitrogens is 2. The Morgan fingerprint density at radius 1 is 1.03 bits per heavy atom. The van der Waals surface area contributed by atoms with Gasteiger partial charge in [-0.2, -0.15) is 0 Å². The molecule has 1 aliphatic rings. The highest BCUT2D eigenvalue weighted by Gasteiger charge is 2.40. The van der Waals surface area contributed by atoms with Crippen molar-refractivity contribution in [2.45, 2.75) is 25.2 Å². The first-order valence-electron chi connectivity index (χ1n) is 11.0. The van der Waals surface area contributed by atoms with Crippen LogP contribution in [0.2, 0.25) is 0 Å². The van der Waals surface area contributed by atoms with E-state index < -0.39 is 5.41 Å². The summed E-state index contributed by atoms with van der Waals surface area (Å²) in [5.41, 5.74) is 1.39. The van der Waals surface area contributed by atoms with E-state index in [0.717, 1.165) is 47.3 Å². The third-order valence-corrected chi connectivity index (χ3v) is 8.07. The van der Waals surface area contributed by atoms with Crippen LogP contribution < -0.4 is 4.90 Å².